The van der Waals surface area contributed by atoms with Crippen LogP contribution in [0.15, 0.2) is 53.4 Å². The van der Waals surface area contributed by atoms with Gasteiger partial charge in [0.15, 0.2) is 0 Å². The lowest BCUT2D eigenvalue weighted by Crippen LogP contribution is -1.93. The van der Waals surface area contributed by atoms with Crippen molar-refractivity contribution in [2.45, 2.75) is 4.90 Å². The second kappa shape index (κ2) is 6.29. The van der Waals surface area contributed by atoms with Gasteiger partial charge in [0.05, 0.1) is 14.2 Å². The summed E-state index contributed by atoms with van der Waals surface area (Å²) < 4.78 is 10.2. The largest absolute Gasteiger partial charge is 0.497 e. The topological polar surface area (TPSA) is 35.5 Å². The Labute approximate surface area is 116 Å². The van der Waals surface area contributed by atoms with Crippen LogP contribution in [0.2, 0.25) is 0 Å². The summed E-state index contributed by atoms with van der Waals surface area (Å²) in [5, 5.41) is -0.00379. The van der Waals surface area contributed by atoms with Crippen molar-refractivity contribution >= 4 is 16.9 Å². The summed E-state index contributed by atoms with van der Waals surface area (Å²) in [6, 6.07) is 14.5. The maximum atomic E-state index is 12.1. The zero-order valence-corrected chi connectivity index (χ0v) is 11.6. The zero-order valence-electron chi connectivity index (χ0n) is 10.8. The maximum Gasteiger partial charge on any atom is 0.224 e. The predicted octanol–water partition coefficient (Wildman–Crippen LogP) is 3.64. The van der Waals surface area contributed by atoms with Crippen LogP contribution in [0.25, 0.3) is 0 Å². The van der Waals surface area contributed by atoms with Crippen molar-refractivity contribution in [3.63, 3.8) is 0 Å². The zero-order chi connectivity index (χ0) is 13.7. The van der Waals surface area contributed by atoms with Gasteiger partial charge in [-0.05, 0) is 54.2 Å². The Kier molecular flexibility index (Phi) is 4.47. The lowest BCUT2D eigenvalue weighted by atomic mass is 10.2. The van der Waals surface area contributed by atoms with Crippen molar-refractivity contribution in [3.8, 4) is 11.5 Å². The van der Waals surface area contributed by atoms with E-state index in [0.29, 0.717) is 5.56 Å². The van der Waals surface area contributed by atoms with Gasteiger partial charge < -0.3 is 9.47 Å². The van der Waals surface area contributed by atoms with E-state index in [-0.39, 0.29) is 5.12 Å². The molecule has 2 aromatic carbocycles. The molecule has 0 atom stereocenters. The smallest absolute Gasteiger partial charge is 0.224 e. The molecule has 0 saturated heterocycles. The van der Waals surface area contributed by atoms with Crippen molar-refractivity contribution in [2.75, 3.05) is 14.2 Å². The summed E-state index contributed by atoms with van der Waals surface area (Å²) >= 11 is 1.18. The van der Waals surface area contributed by atoms with E-state index in [1.54, 1.807) is 38.5 Å². The highest BCUT2D eigenvalue weighted by atomic mass is 32.2. The molecular formula is C15H14O3S. The standard InChI is InChI=1S/C15H14O3S/c1-17-12-8-6-11(7-9-12)15(16)19-14-5-3-4-13(10-14)18-2/h3-10H,1-2H3. The number of rotatable bonds is 4. The minimum atomic E-state index is -0.00379. The van der Waals surface area contributed by atoms with Gasteiger partial charge in [0.2, 0.25) is 5.12 Å². The van der Waals surface area contributed by atoms with Crippen molar-refractivity contribution in [1.82, 2.24) is 0 Å². The molecule has 2 aromatic rings. The predicted molar refractivity (Wildman–Crippen MR) is 76.2 cm³/mol. The number of ether oxygens (including phenoxy) is 2. The Bertz CT molecular complexity index is 564. The normalized spacial score (nSPS) is 10.0. The molecule has 0 saturated carbocycles. The molecule has 0 spiro atoms. The van der Waals surface area contributed by atoms with Crippen LogP contribution < -0.4 is 9.47 Å². The molecule has 0 radical (unpaired) electrons. The molecule has 98 valence electrons. The molecule has 0 aliphatic heterocycles. The van der Waals surface area contributed by atoms with Crippen LogP contribution in [0.5, 0.6) is 11.5 Å². The third kappa shape index (κ3) is 3.51. The molecule has 2 rings (SSSR count). The molecule has 0 aliphatic carbocycles. The lowest BCUT2D eigenvalue weighted by Gasteiger charge is -2.04. The Morgan fingerprint density at radius 1 is 0.947 bits per heavy atom. The van der Waals surface area contributed by atoms with Gasteiger partial charge in [-0.1, -0.05) is 6.07 Å². The van der Waals surface area contributed by atoms with Gasteiger partial charge >= 0.3 is 0 Å². The summed E-state index contributed by atoms with van der Waals surface area (Å²) in [4.78, 5) is 13.0. The average Bonchev–Trinajstić information content (AvgIpc) is 2.47. The van der Waals surface area contributed by atoms with Gasteiger partial charge in [0, 0.05) is 10.5 Å². The first-order valence-electron chi connectivity index (χ1n) is 5.73. The minimum absolute atomic E-state index is 0.00379. The number of benzene rings is 2. The highest BCUT2D eigenvalue weighted by molar-refractivity contribution is 8.14. The van der Waals surface area contributed by atoms with Crippen LogP contribution in [0.4, 0.5) is 0 Å². The fourth-order valence-corrected chi connectivity index (χ4v) is 2.35. The highest BCUT2D eigenvalue weighted by Crippen LogP contribution is 2.26. The van der Waals surface area contributed by atoms with Crippen molar-refractivity contribution in [2.24, 2.45) is 0 Å². The van der Waals surface area contributed by atoms with Gasteiger partial charge in [-0.25, -0.2) is 0 Å². The average molecular weight is 274 g/mol. The Morgan fingerprint density at radius 3 is 2.26 bits per heavy atom. The lowest BCUT2D eigenvalue weighted by molar-refractivity contribution is 0.108. The summed E-state index contributed by atoms with van der Waals surface area (Å²) in [5.74, 6) is 1.48. The molecule has 19 heavy (non-hydrogen) atoms. The van der Waals surface area contributed by atoms with E-state index in [1.807, 2.05) is 24.3 Å². The minimum Gasteiger partial charge on any atom is -0.497 e. The van der Waals surface area contributed by atoms with Crippen molar-refractivity contribution < 1.29 is 14.3 Å². The Hall–Kier alpha value is -1.94. The van der Waals surface area contributed by atoms with E-state index in [9.17, 15) is 4.79 Å². The summed E-state index contributed by atoms with van der Waals surface area (Å²) in [5.41, 5.74) is 0.647. The molecule has 0 heterocycles. The van der Waals surface area contributed by atoms with E-state index in [2.05, 4.69) is 0 Å². The summed E-state index contributed by atoms with van der Waals surface area (Å²) in [6.45, 7) is 0. The molecular weight excluding hydrogens is 260 g/mol. The van der Waals surface area contributed by atoms with Crippen LogP contribution in [-0.2, 0) is 0 Å². The molecule has 0 amide bonds. The SMILES string of the molecule is COc1ccc(C(=O)Sc2cccc(OC)c2)cc1. The Morgan fingerprint density at radius 2 is 1.63 bits per heavy atom. The van der Waals surface area contributed by atoms with E-state index in [4.69, 9.17) is 9.47 Å². The fourth-order valence-electron chi connectivity index (χ4n) is 1.56. The second-order valence-electron chi connectivity index (χ2n) is 3.80. The number of hydrogen-bond donors (Lipinski definition) is 0. The van der Waals surface area contributed by atoms with Crippen LogP contribution in [0.3, 0.4) is 0 Å². The molecule has 4 heteroatoms. The third-order valence-electron chi connectivity index (χ3n) is 2.58. The number of carbonyl (C=O) groups excluding carboxylic acids is 1. The van der Waals surface area contributed by atoms with Crippen LogP contribution >= 0.6 is 11.8 Å². The van der Waals surface area contributed by atoms with Gasteiger partial charge in [-0.3, -0.25) is 4.79 Å². The van der Waals surface area contributed by atoms with E-state index in [0.717, 1.165) is 16.4 Å². The van der Waals surface area contributed by atoms with Crippen LogP contribution in [0, 0.1) is 0 Å². The van der Waals surface area contributed by atoms with Gasteiger partial charge in [0.1, 0.15) is 11.5 Å². The number of methoxy groups -OCH3 is 2. The monoisotopic (exact) mass is 274 g/mol. The third-order valence-corrected chi connectivity index (χ3v) is 3.49. The van der Waals surface area contributed by atoms with Gasteiger partial charge in [-0.15, -0.1) is 0 Å². The van der Waals surface area contributed by atoms with Crippen LogP contribution in [0.1, 0.15) is 10.4 Å². The van der Waals surface area contributed by atoms with Crippen LogP contribution in [-0.4, -0.2) is 19.3 Å². The van der Waals surface area contributed by atoms with E-state index in [1.165, 1.54) is 11.8 Å². The first kappa shape index (κ1) is 13.5. The maximum absolute atomic E-state index is 12.1. The number of thioether (sulfide) groups is 1. The van der Waals surface area contributed by atoms with Gasteiger partial charge in [-0.2, -0.15) is 0 Å². The first-order valence-corrected chi connectivity index (χ1v) is 6.55. The molecule has 0 N–H and O–H groups in total. The first-order chi connectivity index (χ1) is 9.22. The summed E-state index contributed by atoms with van der Waals surface area (Å²) in [6.07, 6.45) is 0. The fraction of sp³-hybridized carbons (Fsp3) is 0.133. The second-order valence-corrected chi connectivity index (χ2v) is 4.84. The number of carbonyl (C=O) groups is 1. The highest BCUT2D eigenvalue weighted by Gasteiger charge is 2.08. The van der Waals surface area contributed by atoms with Gasteiger partial charge in [0.25, 0.3) is 0 Å². The molecule has 0 aromatic heterocycles. The van der Waals surface area contributed by atoms with Crippen molar-refractivity contribution in [3.05, 3.63) is 54.1 Å². The summed E-state index contributed by atoms with van der Waals surface area (Å²) in [7, 11) is 3.21. The molecule has 0 bridgehead atoms. The van der Waals surface area contributed by atoms with E-state index >= 15 is 0 Å². The molecule has 0 fully saturated rings. The number of hydrogen-bond acceptors (Lipinski definition) is 4. The van der Waals surface area contributed by atoms with E-state index < -0.39 is 0 Å². The van der Waals surface area contributed by atoms with Crippen molar-refractivity contribution in [1.29, 1.82) is 0 Å². The Balaban J connectivity index is 2.11. The quantitative estimate of drug-likeness (QED) is 0.797. The molecule has 3 nitrogen and oxygen atoms in total. The molecule has 0 aliphatic rings. The molecule has 0 unspecified atom stereocenters.